The molecule has 0 fully saturated rings. The lowest BCUT2D eigenvalue weighted by Gasteiger charge is -2.17. The Morgan fingerprint density at radius 1 is 1.14 bits per heavy atom. The lowest BCUT2D eigenvalue weighted by Crippen LogP contribution is -2.33. The van der Waals surface area contributed by atoms with E-state index in [1.807, 2.05) is 0 Å². The second kappa shape index (κ2) is 7.98. The minimum atomic E-state index is -4.68. The quantitative estimate of drug-likeness (QED) is 0.396. The van der Waals surface area contributed by atoms with E-state index in [4.69, 9.17) is 14.6 Å². The van der Waals surface area contributed by atoms with Gasteiger partial charge >= 0.3 is 18.5 Å². The lowest BCUT2D eigenvalue weighted by atomic mass is 10.1. The fourth-order valence-corrected chi connectivity index (χ4v) is 2.02. The van der Waals surface area contributed by atoms with Gasteiger partial charge in [0.25, 0.3) is 5.69 Å². The smallest absolute Gasteiger partial charge is 0.461 e. The largest absolute Gasteiger partial charge is 0.493 e. The number of ether oxygens (including phenoxy) is 3. The first-order valence-corrected chi connectivity index (χ1v) is 7.27. The van der Waals surface area contributed by atoms with Crippen LogP contribution in [0.2, 0.25) is 0 Å². The Balaban J connectivity index is 2.31. The van der Waals surface area contributed by atoms with Gasteiger partial charge in [-0.05, 0) is 24.3 Å². The fraction of sp³-hybridized carbons (Fsp3) is 0.188. The molecular formula is C16H11F4NO7. The van der Waals surface area contributed by atoms with E-state index in [2.05, 4.69) is 4.74 Å². The molecule has 2 aromatic rings. The van der Waals surface area contributed by atoms with Gasteiger partial charge in [-0.2, -0.15) is 17.6 Å². The predicted molar refractivity (Wildman–Crippen MR) is 84.7 cm³/mol. The van der Waals surface area contributed by atoms with E-state index in [0.29, 0.717) is 0 Å². The van der Waals surface area contributed by atoms with Crippen molar-refractivity contribution in [1.29, 1.82) is 0 Å². The van der Waals surface area contributed by atoms with E-state index < -0.39 is 40.4 Å². The van der Waals surface area contributed by atoms with E-state index in [9.17, 15) is 32.5 Å². The molecule has 28 heavy (non-hydrogen) atoms. The average molecular weight is 405 g/mol. The second-order valence-electron chi connectivity index (χ2n) is 5.12. The summed E-state index contributed by atoms with van der Waals surface area (Å²) in [5, 5.41) is 20.1. The summed E-state index contributed by atoms with van der Waals surface area (Å²) < 4.78 is 64.2. The highest BCUT2D eigenvalue weighted by atomic mass is 19.3. The van der Waals surface area contributed by atoms with Crippen molar-refractivity contribution >= 4 is 11.7 Å². The lowest BCUT2D eigenvalue weighted by molar-refractivity contribution is -0.385. The van der Waals surface area contributed by atoms with Crippen LogP contribution in [0.5, 0.6) is 23.0 Å². The summed E-state index contributed by atoms with van der Waals surface area (Å²) in [4.78, 5) is 21.3. The van der Waals surface area contributed by atoms with E-state index in [1.54, 1.807) is 0 Å². The van der Waals surface area contributed by atoms with E-state index in [1.165, 1.54) is 0 Å². The normalized spacial score (nSPS) is 11.2. The molecule has 150 valence electrons. The number of carboxylic acids is 1. The Hall–Kier alpha value is -3.57. The molecule has 0 aliphatic carbocycles. The highest BCUT2D eigenvalue weighted by Gasteiger charge is 2.43. The summed E-state index contributed by atoms with van der Waals surface area (Å²) in [6, 6.07) is 5.70. The average Bonchev–Trinajstić information content (AvgIpc) is 2.62. The van der Waals surface area contributed by atoms with Crippen LogP contribution in [0.3, 0.4) is 0 Å². The van der Waals surface area contributed by atoms with Gasteiger partial charge < -0.3 is 19.3 Å². The van der Waals surface area contributed by atoms with Crippen molar-refractivity contribution in [1.82, 2.24) is 0 Å². The Bertz CT molecular complexity index is 887. The molecule has 0 saturated carbocycles. The van der Waals surface area contributed by atoms with Crippen molar-refractivity contribution < 1.29 is 46.6 Å². The Labute approximate surface area is 154 Å². The summed E-state index contributed by atoms with van der Waals surface area (Å²) in [6.45, 7) is 0. The number of carboxylic acid groups (broad SMARTS) is 1. The van der Waals surface area contributed by atoms with Gasteiger partial charge in [-0.25, -0.2) is 4.79 Å². The number of benzene rings is 2. The van der Waals surface area contributed by atoms with Crippen LogP contribution in [0.25, 0.3) is 0 Å². The Morgan fingerprint density at radius 3 is 2.18 bits per heavy atom. The number of hydrogen-bond donors (Lipinski definition) is 1. The molecule has 0 aliphatic heterocycles. The molecule has 0 atom stereocenters. The third kappa shape index (κ3) is 4.58. The second-order valence-corrected chi connectivity index (χ2v) is 5.12. The molecule has 12 heteroatoms. The standard InChI is InChI=1S/C16H11F4NO7/c1-26-12-7-11(21(24)25)10(14(22)23)6-13(12)27-8-2-4-9(5-3-8)28-16(19,20)15(17)18/h2-7,15H,1H3,(H,22,23). The maximum Gasteiger partial charge on any atom is 0.461 e. The molecule has 0 saturated heterocycles. The number of hydrogen-bond acceptors (Lipinski definition) is 6. The third-order valence-electron chi connectivity index (χ3n) is 3.27. The number of methoxy groups -OCH3 is 1. The van der Waals surface area contributed by atoms with E-state index in [0.717, 1.165) is 43.5 Å². The van der Waals surface area contributed by atoms with Crippen LogP contribution >= 0.6 is 0 Å². The van der Waals surface area contributed by atoms with Crippen molar-refractivity contribution in [3.05, 3.63) is 52.1 Å². The van der Waals surface area contributed by atoms with Crippen LogP contribution in [-0.2, 0) is 0 Å². The van der Waals surface area contributed by atoms with Gasteiger partial charge in [-0.3, -0.25) is 10.1 Å². The third-order valence-corrected chi connectivity index (χ3v) is 3.27. The maximum absolute atomic E-state index is 12.9. The van der Waals surface area contributed by atoms with E-state index >= 15 is 0 Å². The number of aromatic carboxylic acids is 1. The molecule has 0 aromatic heterocycles. The fourth-order valence-electron chi connectivity index (χ4n) is 2.02. The minimum absolute atomic E-state index is 0.0313. The van der Waals surface area contributed by atoms with E-state index in [-0.39, 0.29) is 17.2 Å². The highest BCUT2D eigenvalue weighted by molar-refractivity contribution is 5.93. The number of nitrogens with zero attached hydrogens (tertiary/aromatic N) is 1. The van der Waals surface area contributed by atoms with Crippen molar-refractivity contribution in [3.8, 4) is 23.0 Å². The van der Waals surface area contributed by atoms with Crippen LogP contribution in [0.1, 0.15) is 10.4 Å². The van der Waals surface area contributed by atoms with Gasteiger partial charge in [0.05, 0.1) is 18.1 Å². The molecule has 2 aromatic carbocycles. The molecule has 0 unspecified atom stereocenters. The molecule has 1 N–H and O–H groups in total. The summed E-state index contributed by atoms with van der Waals surface area (Å²) in [6.07, 6.45) is -8.71. The monoisotopic (exact) mass is 405 g/mol. The van der Waals surface area contributed by atoms with Gasteiger partial charge in [0.15, 0.2) is 11.5 Å². The van der Waals surface area contributed by atoms with Crippen LogP contribution in [-0.4, -0.2) is 35.6 Å². The molecular weight excluding hydrogens is 394 g/mol. The first kappa shape index (κ1) is 20.7. The van der Waals surface area contributed by atoms with Crippen molar-refractivity contribution in [2.45, 2.75) is 12.5 Å². The number of nitro benzene ring substituents is 1. The number of rotatable bonds is 8. The highest BCUT2D eigenvalue weighted by Crippen LogP contribution is 2.38. The Kier molecular flexibility index (Phi) is 5.91. The molecule has 8 nitrogen and oxygen atoms in total. The van der Waals surface area contributed by atoms with Gasteiger partial charge in [0, 0.05) is 6.07 Å². The predicted octanol–water partition coefficient (Wildman–Crippen LogP) is 4.33. The van der Waals surface area contributed by atoms with Gasteiger partial charge in [0.2, 0.25) is 0 Å². The number of alkyl halides is 4. The SMILES string of the molecule is COc1cc([N+](=O)[O-])c(C(=O)O)cc1Oc1ccc(OC(F)(F)C(F)F)cc1. The van der Waals surface area contributed by atoms with Crippen LogP contribution in [0, 0.1) is 10.1 Å². The van der Waals surface area contributed by atoms with Crippen LogP contribution in [0.4, 0.5) is 23.2 Å². The number of carbonyl (C=O) groups is 1. The minimum Gasteiger partial charge on any atom is -0.493 e. The first-order valence-electron chi connectivity index (χ1n) is 7.27. The first-order chi connectivity index (χ1) is 13.0. The molecule has 2 rings (SSSR count). The topological polar surface area (TPSA) is 108 Å². The summed E-state index contributed by atoms with van der Waals surface area (Å²) in [5.41, 5.74) is -1.40. The molecule has 0 amide bonds. The zero-order valence-electron chi connectivity index (χ0n) is 13.9. The van der Waals surface area contributed by atoms with Gasteiger partial charge in [-0.1, -0.05) is 0 Å². The summed E-state index contributed by atoms with van der Waals surface area (Å²) in [5.74, 6) is -2.56. The molecule has 0 radical (unpaired) electrons. The Morgan fingerprint density at radius 2 is 1.71 bits per heavy atom. The maximum atomic E-state index is 12.9. The van der Waals surface area contributed by atoms with Crippen LogP contribution < -0.4 is 14.2 Å². The van der Waals surface area contributed by atoms with Crippen molar-refractivity contribution in [2.75, 3.05) is 7.11 Å². The zero-order valence-corrected chi connectivity index (χ0v) is 13.9. The number of halogens is 4. The molecule has 0 bridgehead atoms. The van der Waals surface area contributed by atoms with Gasteiger partial charge in [-0.15, -0.1) is 0 Å². The van der Waals surface area contributed by atoms with Crippen molar-refractivity contribution in [2.24, 2.45) is 0 Å². The van der Waals surface area contributed by atoms with Crippen LogP contribution in [0.15, 0.2) is 36.4 Å². The summed E-state index contributed by atoms with van der Waals surface area (Å²) >= 11 is 0. The van der Waals surface area contributed by atoms with Crippen molar-refractivity contribution in [3.63, 3.8) is 0 Å². The number of nitro groups is 1. The summed E-state index contributed by atoms with van der Waals surface area (Å²) in [7, 11) is 1.16. The molecule has 0 heterocycles. The van der Waals surface area contributed by atoms with Gasteiger partial charge in [0.1, 0.15) is 17.1 Å². The molecule has 0 spiro atoms. The molecule has 0 aliphatic rings. The zero-order chi connectivity index (χ0) is 21.1.